The molecule has 0 aromatic rings. The summed E-state index contributed by atoms with van der Waals surface area (Å²) >= 11 is 0. The number of nitrogens with one attached hydrogen (secondary N) is 2. The monoisotopic (exact) mass is 606 g/mol. The van der Waals surface area contributed by atoms with Gasteiger partial charge in [0, 0.05) is 13.0 Å². The van der Waals surface area contributed by atoms with Crippen molar-refractivity contribution in [1.29, 1.82) is 0 Å². The highest BCUT2D eigenvalue weighted by atomic mass is 16.2. The third kappa shape index (κ3) is 31.9. The van der Waals surface area contributed by atoms with Crippen molar-refractivity contribution < 1.29 is 9.59 Å². The number of nitrogens with two attached hydrogens (primary N) is 1. The topological polar surface area (TPSA) is 84.2 Å². The van der Waals surface area contributed by atoms with E-state index >= 15 is 0 Å². The van der Waals surface area contributed by atoms with Gasteiger partial charge in [-0.05, 0) is 51.5 Å². The van der Waals surface area contributed by atoms with Gasteiger partial charge < -0.3 is 16.4 Å². The van der Waals surface area contributed by atoms with Gasteiger partial charge in [-0.3, -0.25) is 9.59 Å². The van der Waals surface area contributed by atoms with Crippen molar-refractivity contribution in [3.05, 3.63) is 12.2 Å². The molecule has 1 atom stereocenters. The van der Waals surface area contributed by atoms with Crippen LogP contribution < -0.4 is 16.4 Å². The number of carbonyl (C=O) groups excluding carboxylic acids is 2. The zero-order chi connectivity index (χ0) is 31.5. The van der Waals surface area contributed by atoms with E-state index in [4.69, 9.17) is 5.73 Å². The van der Waals surface area contributed by atoms with Gasteiger partial charge in [-0.1, -0.05) is 161 Å². The zero-order valence-corrected chi connectivity index (χ0v) is 29.0. The summed E-state index contributed by atoms with van der Waals surface area (Å²) in [6, 6.07) is -0.507. The first-order valence-corrected chi connectivity index (χ1v) is 19.1. The summed E-state index contributed by atoms with van der Waals surface area (Å²) in [6.45, 7) is 5.62. The van der Waals surface area contributed by atoms with Crippen LogP contribution >= 0.6 is 0 Å². The first kappa shape index (κ1) is 41.6. The van der Waals surface area contributed by atoms with Crippen molar-refractivity contribution >= 4 is 11.8 Å². The minimum Gasteiger partial charge on any atom is -0.354 e. The molecule has 0 aliphatic carbocycles. The Hall–Kier alpha value is -1.36. The Labute approximate surface area is 268 Å². The third-order valence-electron chi connectivity index (χ3n) is 8.60. The van der Waals surface area contributed by atoms with Crippen molar-refractivity contribution in [2.45, 2.75) is 206 Å². The highest BCUT2D eigenvalue weighted by molar-refractivity contribution is 5.87. The second-order valence-electron chi connectivity index (χ2n) is 12.9. The van der Waals surface area contributed by atoms with Crippen LogP contribution in [0.25, 0.3) is 0 Å². The second-order valence-corrected chi connectivity index (χ2v) is 12.9. The fraction of sp³-hybridized carbons (Fsp3) is 0.895. The quantitative estimate of drug-likeness (QED) is 0.0504. The fourth-order valence-electron chi connectivity index (χ4n) is 5.71. The number of carbonyl (C=O) groups is 2. The van der Waals surface area contributed by atoms with Crippen LogP contribution in [0.3, 0.4) is 0 Å². The molecule has 254 valence electrons. The van der Waals surface area contributed by atoms with E-state index in [1.807, 2.05) is 0 Å². The van der Waals surface area contributed by atoms with Crippen LogP contribution in [-0.4, -0.2) is 30.9 Å². The number of amides is 2. The average Bonchev–Trinajstić information content (AvgIpc) is 3.00. The number of hydrogen-bond donors (Lipinski definition) is 3. The summed E-state index contributed by atoms with van der Waals surface area (Å²) in [6.07, 6.45) is 40.4. The molecule has 0 aliphatic rings. The lowest BCUT2D eigenvalue weighted by Crippen LogP contribution is -2.47. The molecule has 5 nitrogen and oxygen atoms in total. The van der Waals surface area contributed by atoms with Crippen molar-refractivity contribution in [1.82, 2.24) is 10.6 Å². The Bertz CT molecular complexity index is 622. The van der Waals surface area contributed by atoms with Crippen LogP contribution in [0.15, 0.2) is 12.2 Å². The number of rotatable bonds is 34. The van der Waals surface area contributed by atoms with Gasteiger partial charge in [0.2, 0.25) is 11.8 Å². The SMILES string of the molecule is CCCCCCCCC=CCCCCCCCC(=O)NC(CCN)C(=O)NCCCCCCCCCCCCCCCC. The molecule has 0 saturated carbocycles. The van der Waals surface area contributed by atoms with Crippen molar-refractivity contribution in [2.75, 3.05) is 13.1 Å². The van der Waals surface area contributed by atoms with Gasteiger partial charge in [0.15, 0.2) is 0 Å². The molecule has 0 bridgehead atoms. The lowest BCUT2D eigenvalue weighted by molar-refractivity contribution is -0.129. The van der Waals surface area contributed by atoms with Gasteiger partial charge in [0.25, 0.3) is 0 Å². The highest BCUT2D eigenvalue weighted by Gasteiger charge is 2.19. The summed E-state index contributed by atoms with van der Waals surface area (Å²) in [7, 11) is 0. The maximum absolute atomic E-state index is 12.6. The van der Waals surface area contributed by atoms with Crippen molar-refractivity contribution in [3.63, 3.8) is 0 Å². The summed E-state index contributed by atoms with van der Waals surface area (Å²) in [5, 5.41) is 5.95. The van der Waals surface area contributed by atoms with Crippen LogP contribution in [0.4, 0.5) is 0 Å². The van der Waals surface area contributed by atoms with Crippen LogP contribution in [0.2, 0.25) is 0 Å². The smallest absolute Gasteiger partial charge is 0.242 e. The molecule has 1 unspecified atom stereocenters. The molecule has 5 heteroatoms. The third-order valence-corrected chi connectivity index (χ3v) is 8.60. The summed E-state index contributed by atoms with van der Waals surface area (Å²) in [5.74, 6) is -0.110. The maximum Gasteiger partial charge on any atom is 0.242 e. The lowest BCUT2D eigenvalue weighted by Gasteiger charge is -2.18. The Morgan fingerprint density at radius 1 is 0.558 bits per heavy atom. The van der Waals surface area contributed by atoms with Gasteiger partial charge in [-0.15, -0.1) is 0 Å². The van der Waals surface area contributed by atoms with Crippen molar-refractivity contribution in [3.8, 4) is 0 Å². The number of unbranched alkanes of at least 4 members (excludes halogenated alkanes) is 24. The fourth-order valence-corrected chi connectivity index (χ4v) is 5.71. The summed E-state index contributed by atoms with van der Waals surface area (Å²) < 4.78 is 0. The van der Waals surface area contributed by atoms with Crippen LogP contribution in [0.1, 0.15) is 200 Å². The molecule has 0 radical (unpaired) electrons. The number of hydrogen-bond acceptors (Lipinski definition) is 3. The first-order valence-electron chi connectivity index (χ1n) is 19.1. The molecule has 43 heavy (non-hydrogen) atoms. The van der Waals surface area contributed by atoms with E-state index in [9.17, 15) is 9.59 Å². The van der Waals surface area contributed by atoms with Gasteiger partial charge in [0.05, 0.1) is 0 Å². The van der Waals surface area contributed by atoms with Crippen LogP contribution in [0, 0.1) is 0 Å². The van der Waals surface area contributed by atoms with Crippen molar-refractivity contribution in [2.24, 2.45) is 5.73 Å². The minimum atomic E-state index is -0.507. The normalized spacial score (nSPS) is 12.2. The summed E-state index contributed by atoms with van der Waals surface area (Å²) in [5.41, 5.74) is 5.73. The molecule has 0 saturated heterocycles. The molecule has 0 aliphatic heterocycles. The number of allylic oxidation sites excluding steroid dienone is 2. The van der Waals surface area contributed by atoms with Crippen LogP contribution in [0.5, 0.6) is 0 Å². The average molecular weight is 606 g/mol. The standard InChI is InChI=1S/C38H75N3O2/c1-3-5-7-9-11-13-15-17-19-20-22-24-26-28-30-32-37(42)41-36(33-34-39)38(43)40-35-31-29-27-25-23-21-18-16-14-12-10-8-6-4-2/h17,19,36H,3-16,18,20-35,39H2,1-2H3,(H,40,43)(H,41,42). The predicted molar refractivity (Wildman–Crippen MR) is 188 cm³/mol. The van der Waals surface area contributed by atoms with Gasteiger partial charge in [-0.25, -0.2) is 0 Å². The molecule has 0 spiro atoms. The largest absolute Gasteiger partial charge is 0.354 e. The minimum absolute atomic E-state index is 0.0253. The van der Waals surface area contributed by atoms with E-state index in [0.29, 0.717) is 25.9 Å². The van der Waals surface area contributed by atoms with Crippen LogP contribution in [-0.2, 0) is 9.59 Å². The van der Waals surface area contributed by atoms with E-state index in [0.717, 1.165) is 25.7 Å². The maximum atomic E-state index is 12.6. The van der Waals surface area contributed by atoms with E-state index in [1.54, 1.807) is 0 Å². The molecule has 0 aromatic heterocycles. The molecule has 4 N–H and O–H groups in total. The molecule has 0 heterocycles. The Balaban J connectivity index is 3.67. The summed E-state index contributed by atoms with van der Waals surface area (Å²) in [4.78, 5) is 25.1. The highest BCUT2D eigenvalue weighted by Crippen LogP contribution is 2.13. The zero-order valence-electron chi connectivity index (χ0n) is 29.0. The molecule has 0 aromatic carbocycles. The van der Waals surface area contributed by atoms with E-state index in [-0.39, 0.29) is 11.8 Å². The lowest BCUT2D eigenvalue weighted by atomic mass is 10.0. The van der Waals surface area contributed by atoms with Gasteiger partial charge >= 0.3 is 0 Å². The van der Waals surface area contributed by atoms with E-state index in [1.165, 1.54) is 148 Å². The molecule has 0 rings (SSSR count). The Morgan fingerprint density at radius 2 is 0.953 bits per heavy atom. The molecule has 2 amide bonds. The van der Waals surface area contributed by atoms with E-state index in [2.05, 4.69) is 36.6 Å². The predicted octanol–water partition coefficient (Wildman–Crippen LogP) is 10.5. The van der Waals surface area contributed by atoms with Gasteiger partial charge in [0.1, 0.15) is 6.04 Å². The molecule has 0 fully saturated rings. The van der Waals surface area contributed by atoms with E-state index < -0.39 is 6.04 Å². The first-order chi connectivity index (χ1) is 21.2. The Kier molecular flexibility index (Phi) is 34.0. The second kappa shape index (κ2) is 35.1. The molecular formula is C38H75N3O2. The molecular weight excluding hydrogens is 530 g/mol. The van der Waals surface area contributed by atoms with Gasteiger partial charge in [-0.2, -0.15) is 0 Å². The Morgan fingerprint density at radius 3 is 1.40 bits per heavy atom.